The Hall–Kier alpha value is -3.23. The third-order valence-electron chi connectivity index (χ3n) is 5.94. The van der Waals surface area contributed by atoms with Gasteiger partial charge in [-0.25, -0.2) is 4.98 Å². The van der Waals surface area contributed by atoms with E-state index in [4.69, 9.17) is 9.72 Å². The summed E-state index contributed by atoms with van der Waals surface area (Å²) in [4.78, 5) is 17.3. The molecular formula is C26H27N5O2S. The Morgan fingerprint density at radius 1 is 1.15 bits per heavy atom. The topological polar surface area (TPSA) is 81.9 Å². The first kappa shape index (κ1) is 22.6. The van der Waals surface area contributed by atoms with Crippen molar-refractivity contribution in [2.45, 2.75) is 37.6 Å². The van der Waals surface area contributed by atoms with Crippen molar-refractivity contribution < 1.29 is 9.53 Å². The monoisotopic (exact) mass is 473 g/mol. The Labute approximate surface area is 203 Å². The second-order valence-corrected chi connectivity index (χ2v) is 9.16. The smallest absolute Gasteiger partial charge is 0.230 e. The fourth-order valence-electron chi connectivity index (χ4n) is 4.21. The molecule has 0 aliphatic carbocycles. The first-order valence-electron chi connectivity index (χ1n) is 11.6. The van der Waals surface area contributed by atoms with Crippen molar-refractivity contribution in [2.24, 2.45) is 0 Å². The number of rotatable bonds is 8. The molecule has 1 fully saturated rings. The molecule has 1 N–H and O–H groups in total. The number of hydrogen-bond acceptors (Lipinski definition) is 6. The zero-order valence-corrected chi connectivity index (χ0v) is 19.9. The molecule has 1 atom stereocenters. The number of fused-ring (bicyclic) bond motifs is 1. The summed E-state index contributed by atoms with van der Waals surface area (Å²) in [5, 5.41) is 13.7. The average molecular weight is 474 g/mol. The minimum absolute atomic E-state index is 0.0200. The standard InChI is InChI=1S/C26H27N5O2S/c1-2-31-25(29-30-26(31)34-17-24(32)27-16-19-11-8-14-33-19)21-15-23(18-9-4-3-5-10-18)28-22-13-7-6-12-20(21)22/h3-7,9-10,12-13,15,19H,2,8,11,14,16-17H2,1H3,(H,27,32)/t19-/m0/s1. The second kappa shape index (κ2) is 10.4. The van der Waals surface area contributed by atoms with E-state index in [1.807, 2.05) is 36.4 Å². The van der Waals surface area contributed by atoms with E-state index in [0.29, 0.717) is 13.1 Å². The van der Waals surface area contributed by atoms with Gasteiger partial charge in [-0.05, 0) is 31.9 Å². The van der Waals surface area contributed by atoms with E-state index in [1.165, 1.54) is 11.8 Å². The molecule has 3 heterocycles. The van der Waals surface area contributed by atoms with Crippen LogP contribution in [0.15, 0.2) is 65.8 Å². The van der Waals surface area contributed by atoms with E-state index in [1.54, 1.807) is 0 Å². The number of aromatic nitrogens is 4. The highest BCUT2D eigenvalue weighted by Crippen LogP contribution is 2.32. The second-order valence-electron chi connectivity index (χ2n) is 8.22. The van der Waals surface area contributed by atoms with Crippen LogP contribution in [0.4, 0.5) is 0 Å². The summed E-state index contributed by atoms with van der Waals surface area (Å²) >= 11 is 1.40. The number of carbonyl (C=O) groups excluding carboxylic acids is 1. The Balaban J connectivity index is 1.41. The normalized spacial score (nSPS) is 15.6. The molecule has 1 amide bonds. The van der Waals surface area contributed by atoms with Gasteiger partial charge in [0.2, 0.25) is 5.91 Å². The number of pyridine rings is 1. The molecule has 34 heavy (non-hydrogen) atoms. The van der Waals surface area contributed by atoms with Crippen molar-refractivity contribution in [2.75, 3.05) is 18.9 Å². The third-order valence-corrected chi connectivity index (χ3v) is 6.91. The molecular weight excluding hydrogens is 446 g/mol. The van der Waals surface area contributed by atoms with Crippen LogP contribution in [0.1, 0.15) is 19.8 Å². The third kappa shape index (κ3) is 4.83. The van der Waals surface area contributed by atoms with Gasteiger partial charge in [0.25, 0.3) is 0 Å². The van der Waals surface area contributed by atoms with Crippen LogP contribution < -0.4 is 5.32 Å². The van der Waals surface area contributed by atoms with Gasteiger partial charge in [0.1, 0.15) is 0 Å². The number of para-hydroxylation sites is 1. The minimum atomic E-state index is -0.0200. The van der Waals surface area contributed by atoms with E-state index < -0.39 is 0 Å². The number of nitrogens with one attached hydrogen (secondary N) is 1. The summed E-state index contributed by atoms with van der Waals surface area (Å²) in [6.45, 7) is 4.11. The molecule has 0 bridgehead atoms. The number of ether oxygens (including phenoxy) is 1. The summed E-state index contributed by atoms with van der Waals surface area (Å²) in [5.41, 5.74) is 3.83. The average Bonchev–Trinajstić information content (AvgIpc) is 3.56. The quantitative estimate of drug-likeness (QED) is 0.378. The summed E-state index contributed by atoms with van der Waals surface area (Å²) in [6, 6.07) is 20.3. The summed E-state index contributed by atoms with van der Waals surface area (Å²) in [7, 11) is 0. The highest BCUT2D eigenvalue weighted by molar-refractivity contribution is 7.99. The van der Waals surface area contributed by atoms with Crippen LogP contribution in [0.5, 0.6) is 0 Å². The lowest BCUT2D eigenvalue weighted by Gasteiger charge is -2.12. The van der Waals surface area contributed by atoms with Crippen LogP contribution in [0.25, 0.3) is 33.5 Å². The summed E-state index contributed by atoms with van der Waals surface area (Å²) < 4.78 is 7.64. The fourth-order valence-corrected chi connectivity index (χ4v) is 5.04. The molecule has 4 aromatic rings. The van der Waals surface area contributed by atoms with E-state index in [2.05, 4.69) is 51.3 Å². The molecule has 1 saturated heterocycles. The van der Waals surface area contributed by atoms with Crippen molar-refractivity contribution >= 4 is 28.6 Å². The zero-order chi connectivity index (χ0) is 23.3. The first-order chi connectivity index (χ1) is 16.7. The van der Waals surface area contributed by atoms with E-state index in [0.717, 1.165) is 58.2 Å². The van der Waals surface area contributed by atoms with Gasteiger partial charge in [0.15, 0.2) is 11.0 Å². The Morgan fingerprint density at radius 2 is 1.97 bits per heavy atom. The van der Waals surface area contributed by atoms with Crippen molar-refractivity contribution in [3.63, 3.8) is 0 Å². The van der Waals surface area contributed by atoms with Crippen LogP contribution in [0.2, 0.25) is 0 Å². The van der Waals surface area contributed by atoms with E-state index in [-0.39, 0.29) is 17.8 Å². The Morgan fingerprint density at radius 3 is 2.76 bits per heavy atom. The lowest BCUT2D eigenvalue weighted by atomic mass is 10.0. The van der Waals surface area contributed by atoms with Gasteiger partial charge in [-0.1, -0.05) is 60.3 Å². The number of carbonyl (C=O) groups is 1. The van der Waals surface area contributed by atoms with Gasteiger partial charge >= 0.3 is 0 Å². The van der Waals surface area contributed by atoms with Crippen molar-refractivity contribution in [3.8, 4) is 22.6 Å². The summed E-state index contributed by atoms with van der Waals surface area (Å²) in [5.74, 6) is 1.05. The molecule has 5 rings (SSSR count). The zero-order valence-electron chi connectivity index (χ0n) is 19.1. The SMILES string of the molecule is CCn1c(SCC(=O)NC[C@@H]2CCCO2)nnc1-c1cc(-c2ccccc2)nc2ccccc12. The van der Waals surface area contributed by atoms with Gasteiger partial charge in [0.05, 0.1) is 23.1 Å². The maximum atomic E-state index is 12.4. The van der Waals surface area contributed by atoms with Gasteiger partial charge in [-0.2, -0.15) is 0 Å². The number of nitrogens with zero attached hydrogens (tertiary/aromatic N) is 4. The van der Waals surface area contributed by atoms with Crippen LogP contribution in [-0.2, 0) is 16.1 Å². The Bertz CT molecular complexity index is 1290. The van der Waals surface area contributed by atoms with Gasteiger partial charge < -0.3 is 14.6 Å². The van der Waals surface area contributed by atoms with Crippen LogP contribution in [-0.4, -0.2) is 50.7 Å². The summed E-state index contributed by atoms with van der Waals surface area (Å²) in [6.07, 6.45) is 2.21. The highest BCUT2D eigenvalue weighted by Gasteiger charge is 2.19. The molecule has 2 aromatic carbocycles. The number of benzene rings is 2. The molecule has 1 aliphatic heterocycles. The highest BCUT2D eigenvalue weighted by atomic mass is 32.2. The predicted octanol–water partition coefficient (Wildman–Crippen LogP) is 4.57. The van der Waals surface area contributed by atoms with Crippen LogP contribution in [0.3, 0.4) is 0 Å². The molecule has 0 unspecified atom stereocenters. The molecule has 0 radical (unpaired) electrons. The predicted molar refractivity (Wildman–Crippen MR) is 135 cm³/mol. The van der Waals surface area contributed by atoms with Crippen molar-refractivity contribution in [1.29, 1.82) is 0 Å². The van der Waals surface area contributed by atoms with Gasteiger partial charge in [-0.15, -0.1) is 10.2 Å². The largest absolute Gasteiger partial charge is 0.376 e. The lowest BCUT2D eigenvalue weighted by Crippen LogP contribution is -2.32. The molecule has 0 spiro atoms. The van der Waals surface area contributed by atoms with Crippen LogP contribution >= 0.6 is 11.8 Å². The molecule has 0 saturated carbocycles. The maximum absolute atomic E-state index is 12.4. The van der Waals surface area contributed by atoms with Crippen LogP contribution in [0, 0.1) is 0 Å². The first-order valence-corrected chi connectivity index (χ1v) is 12.6. The van der Waals surface area contributed by atoms with Crippen molar-refractivity contribution in [1.82, 2.24) is 25.1 Å². The van der Waals surface area contributed by atoms with E-state index in [9.17, 15) is 4.79 Å². The molecule has 174 valence electrons. The number of hydrogen-bond donors (Lipinski definition) is 1. The van der Waals surface area contributed by atoms with Crippen molar-refractivity contribution in [3.05, 3.63) is 60.7 Å². The minimum Gasteiger partial charge on any atom is -0.376 e. The number of amides is 1. The van der Waals surface area contributed by atoms with Gasteiger partial charge in [-0.3, -0.25) is 4.79 Å². The maximum Gasteiger partial charge on any atom is 0.230 e. The van der Waals surface area contributed by atoms with Gasteiger partial charge in [0, 0.05) is 36.2 Å². The molecule has 7 nitrogen and oxygen atoms in total. The molecule has 1 aliphatic rings. The molecule has 8 heteroatoms. The Kier molecular flexibility index (Phi) is 6.87. The lowest BCUT2D eigenvalue weighted by molar-refractivity contribution is -0.119. The number of thioether (sulfide) groups is 1. The fraction of sp³-hybridized carbons (Fsp3) is 0.308. The molecule has 2 aromatic heterocycles. The van der Waals surface area contributed by atoms with E-state index >= 15 is 0 Å².